The van der Waals surface area contributed by atoms with E-state index in [1.807, 2.05) is 42.5 Å². The smallest absolute Gasteiger partial charge is 0.188 e. The highest BCUT2D eigenvalue weighted by Crippen LogP contribution is 2.14. The molecule has 0 saturated heterocycles. The van der Waals surface area contributed by atoms with Gasteiger partial charge in [0.1, 0.15) is 5.75 Å². The van der Waals surface area contributed by atoms with Gasteiger partial charge < -0.3 is 20.5 Å². The molecule has 0 fully saturated rings. The maximum Gasteiger partial charge on any atom is 0.188 e. The molecule has 0 radical (unpaired) electrons. The molecule has 6 nitrogen and oxygen atoms in total. The molecule has 3 N–H and O–H groups in total. The molecule has 0 aliphatic rings. The Kier molecular flexibility index (Phi) is 8.27. The average molecular weight is 342 g/mol. The fourth-order valence-corrected chi connectivity index (χ4v) is 2.22. The minimum atomic E-state index is 0.433. The van der Waals surface area contributed by atoms with Gasteiger partial charge in [0.15, 0.2) is 5.96 Å². The minimum Gasteiger partial charge on any atom is -0.493 e. The molecule has 134 valence electrons. The lowest BCUT2D eigenvalue weighted by Crippen LogP contribution is -2.33. The molecule has 2 aromatic rings. The molecular formula is C19H26N4O2. The average Bonchev–Trinajstić information content (AvgIpc) is 2.65. The Labute approximate surface area is 149 Å². The van der Waals surface area contributed by atoms with E-state index in [0.717, 1.165) is 29.8 Å². The number of aliphatic imine (C=N–C) groups is 1. The zero-order valence-electron chi connectivity index (χ0n) is 14.6. The van der Waals surface area contributed by atoms with Gasteiger partial charge in [-0.3, -0.25) is 4.98 Å². The number of nitrogens with two attached hydrogens (primary N) is 1. The fourth-order valence-electron chi connectivity index (χ4n) is 2.22. The van der Waals surface area contributed by atoms with Crippen LogP contribution in [0.4, 0.5) is 0 Å². The molecule has 0 bridgehead atoms. The SMILES string of the molecule is COCCCOc1cccc(CN=C(N)NCCc2ccccn2)c1. The molecule has 0 amide bonds. The maximum absolute atomic E-state index is 5.91. The van der Waals surface area contributed by atoms with Crippen molar-refractivity contribution in [3.05, 3.63) is 59.9 Å². The highest BCUT2D eigenvalue weighted by atomic mass is 16.5. The van der Waals surface area contributed by atoms with Crippen LogP contribution >= 0.6 is 0 Å². The first-order chi connectivity index (χ1) is 12.3. The summed E-state index contributed by atoms with van der Waals surface area (Å²) in [5.74, 6) is 1.27. The largest absolute Gasteiger partial charge is 0.493 e. The van der Waals surface area contributed by atoms with Crippen LogP contribution in [0.25, 0.3) is 0 Å². The first-order valence-corrected chi connectivity index (χ1v) is 8.42. The van der Waals surface area contributed by atoms with Gasteiger partial charge in [0.2, 0.25) is 0 Å². The molecule has 0 atom stereocenters. The number of aromatic nitrogens is 1. The summed E-state index contributed by atoms with van der Waals surface area (Å²) in [6.45, 7) is 2.55. The quantitative estimate of drug-likeness (QED) is 0.393. The third-order valence-corrected chi connectivity index (χ3v) is 3.51. The number of ether oxygens (including phenoxy) is 2. The summed E-state index contributed by atoms with van der Waals surface area (Å²) in [4.78, 5) is 8.64. The molecule has 2 rings (SSSR count). The van der Waals surface area contributed by atoms with Gasteiger partial charge >= 0.3 is 0 Å². The van der Waals surface area contributed by atoms with Gasteiger partial charge in [-0.05, 0) is 29.8 Å². The second kappa shape index (κ2) is 11.0. The molecule has 25 heavy (non-hydrogen) atoms. The summed E-state index contributed by atoms with van der Waals surface area (Å²) >= 11 is 0. The normalized spacial score (nSPS) is 11.3. The second-order valence-electron chi connectivity index (χ2n) is 5.54. The lowest BCUT2D eigenvalue weighted by atomic mass is 10.2. The summed E-state index contributed by atoms with van der Waals surface area (Å²) in [6, 6.07) is 13.8. The molecule has 6 heteroatoms. The van der Waals surface area contributed by atoms with E-state index in [1.54, 1.807) is 13.3 Å². The third kappa shape index (κ3) is 7.67. The van der Waals surface area contributed by atoms with Crippen molar-refractivity contribution in [1.82, 2.24) is 10.3 Å². The number of pyridine rings is 1. The van der Waals surface area contributed by atoms with Gasteiger partial charge in [-0.25, -0.2) is 4.99 Å². The Balaban J connectivity index is 1.74. The Hall–Kier alpha value is -2.60. The Morgan fingerprint density at radius 2 is 2.12 bits per heavy atom. The van der Waals surface area contributed by atoms with Gasteiger partial charge in [0.05, 0.1) is 13.2 Å². The monoisotopic (exact) mass is 342 g/mol. The standard InChI is InChI=1S/C19H26N4O2/c1-24-12-5-13-25-18-8-4-6-16(14-18)15-23-19(20)22-11-9-17-7-2-3-10-21-17/h2-4,6-8,10,14H,5,9,11-13,15H2,1H3,(H3,20,22,23). The van der Waals surface area contributed by atoms with Crippen LogP contribution in [0.3, 0.4) is 0 Å². The molecule has 1 heterocycles. The Bertz CT molecular complexity index is 647. The summed E-state index contributed by atoms with van der Waals surface area (Å²) in [6.07, 6.45) is 3.46. The van der Waals surface area contributed by atoms with E-state index in [0.29, 0.717) is 32.3 Å². The molecule has 1 aromatic heterocycles. The van der Waals surface area contributed by atoms with Crippen molar-refractivity contribution in [3.8, 4) is 5.75 Å². The van der Waals surface area contributed by atoms with E-state index < -0.39 is 0 Å². The number of hydrogen-bond acceptors (Lipinski definition) is 4. The zero-order chi connectivity index (χ0) is 17.7. The van der Waals surface area contributed by atoms with E-state index in [4.69, 9.17) is 15.2 Å². The number of rotatable bonds is 10. The number of benzene rings is 1. The maximum atomic E-state index is 5.91. The van der Waals surface area contributed by atoms with Gasteiger partial charge in [-0.15, -0.1) is 0 Å². The van der Waals surface area contributed by atoms with E-state index in [2.05, 4.69) is 15.3 Å². The van der Waals surface area contributed by atoms with Crippen LogP contribution in [0, 0.1) is 0 Å². The predicted molar refractivity (Wildman–Crippen MR) is 99.7 cm³/mol. The van der Waals surface area contributed by atoms with Crippen LogP contribution in [-0.2, 0) is 17.7 Å². The van der Waals surface area contributed by atoms with Gasteiger partial charge in [0, 0.05) is 45.0 Å². The zero-order valence-corrected chi connectivity index (χ0v) is 14.6. The van der Waals surface area contributed by atoms with Crippen molar-refractivity contribution in [3.63, 3.8) is 0 Å². The summed E-state index contributed by atoms with van der Waals surface area (Å²) in [5.41, 5.74) is 7.99. The molecule has 0 aliphatic carbocycles. The lowest BCUT2D eigenvalue weighted by Gasteiger charge is -2.08. The second-order valence-corrected chi connectivity index (χ2v) is 5.54. The van der Waals surface area contributed by atoms with Crippen molar-refractivity contribution in [2.75, 3.05) is 26.9 Å². The van der Waals surface area contributed by atoms with Crippen molar-refractivity contribution < 1.29 is 9.47 Å². The molecule has 0 aliphatic heterocycles. The molecular weight excluding hydrogens is 316 g/mol. The Morgan fingerprint density at radius 3 is 2.92 bits per heavy atom. The minimum absolute atomic E-state index is 0.433. The van der Waals surface area contributed by atoms with Crippen LogP contribution in [0.5, 0.6) is 5.75 Å². The van der Waals surface area contributed by atoms with Crippen molar-refractivity contribution in [1.29, 1.82) is 0 Å². The van der Waals surface area contributed by atoms with E-state index >= 15 is 0 Å². The summed E-state index contributed by atoms with van der Waals surface area (Å²) < 4.78 is 10.7. The van der Waals surface area contributed by atoms with Crippen LogP contribution in [-0.4, -0.2) is 37.8 Å². The van der Waals surface area contributed by atoms with E-state index in [9.17, 15) is 0 Å². The molecule has 0 spiro atoms. The van der Waals surface area contributed by atoms with E-state index in [-0.39, 0.29) is 0 Å². The van der Waals surface area contributed by atoms with Crippen LogP contribution in [0.2, 0.25) is 0 Å². The topological polar surface area (TPSA) is 81.8 Å². The number of hydrogen-bond donors (Lipinski definition) is 2. The summed E-state index contributed by atoms with van der Waals surface area (Å²) in [7, 11) is 1.69. The van der Waals surface area contributed by atoms with Crippen molar-refractivity contribution in [2.24, 2.45) is 10.7 Å². The van der Waals surface area contributed by atoms with Crippen molar-refractivity contribution >= 4 is 5.96 Å². The van der Waals surface area contributed by atoms with Crippen LogP contribution in [0.15, 0.2) is 53.7 Å². The Morgan fingerprint density at radius 1 is 1.20 bits per heavy atom. The van der Waals surface area contributed by atoms with Crippen LogP contribution < -0.4 is 15.8 Å². The molecule has 0 unspecified atom stereocenters. The predicted octanol–water partition coefficient (Wildman–Crippen LogP) is 2.14. The van der Waals surface area contributed by atoms with E-state index in [1.165, 1.54) is 0 Å². The number of methoxy groups -OCH3 is 1. The van der Waals surface area contributed by atoms with Crippen LogP contribution in [0.1, 0.15) is 17.7 Å². The third-order valence-electron chi connectivity index (χ3n) is 3.51. The van der Waals surface area contributed by atoms with Gasteiger partial charge in [-0.2, -0.15) is 0 Å². The highest BCUT2D eigenvalue weighted by Gasteiger charge is 1.99. The first kappa shape index (κ1) is 18.7. The fraction of sp³-hybridized carbons (Fsp3) is 0.368. The van der Waals surface area contributed by atoms with Gasteiger partial charge in [0.25, 0.3) is 0 Å². The number of guanidine groups is 1. The first-order valence-electron chi connectivity index (χ1n) is 8.42. The molecule has 1 aromatic carbocycles. The van der Waals surface area contributed by atoms with Gasteiger partial charge in [-0.1, -0.05) is 18.2 Å². The van der Waals surface area contributed by atoms with Crippen molar-refractivity contribution in [2.45, 2.75) is 19.4 Å². The lowest BCUT2D eigenvalue weighted by molar-refractivity contribution is 0.172. The molecule has 0 saturated carbocycles. The number of nitrogens with one attached hydrogen (secondary N) is 1. The number of nitrogens with zero attached hydrogens (tertiary/aromatic N) is 2. The highest BCUT2D eigenvalue weighted by molar-refractivity contribution is 5.77. The summed E-state index contributed by atoms with van der Waals surface area (Å²) in [5, 5.41) is 3.11.